The number of aromatic nitrogens is 1. The zero-order chi connectivity index (χ0) is 20.9. The smallest absolute Gasteiger partial charge is 0.349 e. The highest BCUT2D eigenvalue weighted by molar-refractivity contribution is 7.21. The Labute approximate surface area is 174 Å². The Morgan fingerprint density at radius 2 is 1.93 bits per heavy atom. The summed E-state index contributed by atoms with van der Waals surface area (Å²) in [5.41, 5.74) is 4.56. The van der Waals surface area contributed by atoms with Crippen molar-refractivity contribution in [2.24, 2.45) is 0 Å². The van der Waals surface area contributed by atoms with Gasteiger partial charge in [-0.15, -0.1) is 11.3 Å². The van der Waals surface area contributed by atoms with Crippen LogP contribution < -0.4 is 9.47 Å². The fraction of sp³-hybridized carbons (Fsp3) is 0.391. The number of pyridine rings is 1. The molecular formula is C23H25NO4S. The molecule has 4 rings (SSSR count). The normalized spacial score (nSPS) is 13.2. The van der Waals surface area contributed by atoms with Gasteiger partial charge in [0.25, 0.3) is 0 Å². The van der Waals surface area contributed by atoms with Gasteiger partial charge < -0.3 is 14.2 Å². The molecule has 3 aromatic rings. The largest absolute Gasteiger partial charge is 0.456 e. The number of rotatable bonds is 3. The van der Waals surface area contributed by atoms with Gasteiger partial charge in [0.05, 0.1) is 0 Å². The maximum atomic E-state index is 13.1. The summed E-state index contributed by atoms with van der Waals surface area (Å²) in [5, 5.41) is 1.01. The number of hydrogen-bond acceptors (Lipinski definition) is 6. The Morgan fingerprint density at radius 1 is 1.21 bits per heavy atom. The maximum absolute atomic E-state index is 13.1. The second kappa shape index (κ2) is 7.02. The van der Waals surface area contributed by atoms with Gasteiger partial charge in [-0.25, -0.2) is 9.78 Å². The van der Waals surface area contributed by atoms with Crippen LogP contribution in [0, 0.1) is 13.8 Å². The van der Waals surface area contributed by atoms with Crippen LogP contribution in [0.2, 0.25) is 0 Å². The van der Waals surface area contributed by atoms with Crippen molar-refractivity contribution in [1.29, 1.82) is 0 Å². The molecule has 2 aromatic heterocycles. The molecule has 0 unspecified atom stereocenters. The monoisotopic (exact) mass is 411 g/mol. The van der Waals surface area contributed by atoms with Gasteiger partial charge in [-0.3, -0.25) is 0 Å². The number of ether oxygens (including phenoxy) is 3. The Balaban J connectivity index is 2.01. The fourth-order valence-electron chi connectivity index (χ4n) is 3.80. The van der Waals surface area contributed by atoms with Gasteiger partial charge >= 0.3 is 5.97 Å². The van der Waals surface area contributed by atoms with E-state index in [0.717, 1.165) is 39.0 Å². The molecule has 0 amide bonds. The van der Waals surface area contributed by atoms with Crippen molar-refractivity contribution in [3.8, 4) is 22.6 Å². The predicted molar refractivity (Wildman–Crippen MR) is 115 cm³/mol. The van der Waals surface area contributed by atoms with E-state index < -0.39 is 5.60 Å². The molecule has 3 heterocycles. The fourth-order valence-corrected chi connectivity index (χ4v) is 4.98. The summed E-state index contributed by atoms with van der Waals surface area (Å²) >= 11 is 1.39. The van der Waals surface area contributed by atoms with Gasteiger partial charge in [0.2, 0.25) is 6.79 Å². The minimum absolute atomic E-state index is 0.210. The average molecular weight is 412 g/mol. The van der Waals surface area contributed by atoms with Gasteiger partial charge in [0, 0.05) is 16.6 Å². The summed E-state index contributed by atoms with van der Waals surface area (Å²) in [4.78, 5) is 19.4. The summed E-state index contributed by atoms with van der Waals surface area (Å²) in [5.74, 6) is 1.07. The third-order valence-electron chi connectivity index (χ3n) is 5.02. The second-order valence-corrected chi connectivity index (χ2v) is 9.21. The molecule has 0 fully saturated rings. The van der Waals surface area contributed by atoms with Crippen LogP contribution in [0.4, 0.5) is 0 Å². The zero-order valence-corrected chi connectivity index (χ0v) is 18.5. The first-order chi connectivity index (χ1) is 13.7. The van der Waals surface area contributed by atoms with Crippen LogP contribution in [0.25, 0.3) is 21.3 Å². The first-order valence-corrected chi connectivity index (χ1v) is 10.6. The van der Waals surface area contributed by atoms with Crippen molar-refractivity contribution >= 4 is 27.5 Å². The van der Waals surface area contributed by atoms with Gasteiger partial charge in [-0.05, 0) is 69.9 Å². The van der Waals surface area contributed by atoms with E-state index in [1.165, 1.54) is 16.9 Å². The van der Waals surface area contributed by atoms with E-state index in [0.29, 0.717) is 16.4 Å². The molecule has 0 saturated carbocycles. The molecule has 29 heavy (non-hydrogen) atoms. The molecule has 0 spiro atoms. The summed E-state index contributed by atoms with van der Waals surface area (Å²) in [6.45, 7) is 12.1. The van der Waals surface area contributed by atoms with Crippen LogP contribution in [-0.2, 0) is 11.2 Å². The quantitative estimate of drug-likeness (QED) is 0.508. The van der Waals surface area contributed by atoms with Crippen molar-refractivity contribution < 1.29 is 19.0 Å². The first-order valence-electron chi connectivity index (χ1n) is 9.75. The predicted octanol–water partition coefficient (Wildman–Crippen LogP) is 5.83. The van der Waals surface area contributed by atoms with Crippen LogP contribution >= 0.6 is 11.3 Å². The van der Waals surface area contributed by atoms with Crippen LogP contribution in [0.15, 0.2) is 18.2 Å². The zero-order valence-electron chi connectivity index (χ0n) is 17.6. The number of nitrogens with zero attached hydrogens (tertiary/aromatic N) is 1. The molecule has 1 aliphatic heterocycles. The van der Waals surface area contributed by atoms with Gasteiger partial charge in [-0.1, -0.05) is 13.0 Å². The number of benzene rings is 1. The van der Waals surface area contributed by atoms with E-state index in [1.54, 1.807) is 0 Å². The molecule has 0 atom stereocenters. The van der Waals surface area contributed by atoms with Crippen LogP contribution in [0.5, 0.6) is 11.5 Å². The molecule has 1 aliphatic rings. The number of carbonyl (C=O) groups is 1. The molecule has 0 saturated heterocycles. The lowest BCUT2D eigenvalue weighted by atomic mass is 9.95. The first kappa shape index (κ1) is 19.7. The van der Waals surface area contributed by atoms with Gasteiger partial charge in [-0.2, -0.15) is 0 Å². The van der Waals surface area contributed by atoms with Crippen molar-refractivity contribution in [3.63, 3.8) is 0 Å². The van der Waals surface area contributed by atoms with Crippen LogP contribution in [-0.4, -0.2) is 23.3 Å². The summed E-state index contributed by atoms with van der Waals surface area (Å²) < 4.78 is 16.8. The average Bonchev–Trinajstić information content (AvgIpc) is 3.24. The number of thiophene rings is 1. The van der Waals surface area contributed by atoms with E-state index >= 15 is 0 Å². The Hall–Kier alpha value is -2.60. The molecule has 1 aromatic carbocycles. The Morgan fingerprint density at radius 3 is 2.62 bits per heavy atom. The highest BCUT2D eigenvalue weighted by atomic mass is 32.1. The topological polar surface area (TPSA) is 57.7 Å². The SMILES string of the molecule is CCc1c(C)nc2sc(C(=O)OC(C)(C)C)c(-c3ccc4c(c3)OCO4)c2c1C. The van der Waals surface area contributed by atoms with Gasteiger partial charge in [0.15, 0.2) is 11.5 Å². The van der Waals surface area contributed by atoms with E-state index in [-0.39, 0.29) is 12.8 Å². The molecular weight excluding hydrogens is 386 g/mol. The second-order valence-electron chi connectivity index (χ2n) is 8.21. The lowest BCUT2D eigenvalue weighted by molar-refractivity contribution is 0.00761. The number of fused-ring (bicyclic) bond motifs is 2. The molecule has 6 heteroatoms. The minimum Gasteiger partial charge on any atom is -0.456 e. The molecule has 0 N–H and O–H groups in total. The Kier molecular flexibility index (Phi) is 4.77. The lowest BCUT2D eigenvalue weighted by Gasteiger charge is -2.19. The molecule has 152 valence electrons. The van der Waals surface area contributed by atoms with Gasteiger partial charge in [0.1, 0.15) is 15.3 Å². The highest BCUT2D eigenvalue weighted by Crippen LogP contribution is 2.44. The highest BCUT2D eigenvalue weighted by Gasteiger charge is 2.28. The number of carbonyl (C=O) groups excluding carboxylic acids is 1. The maximum Gasteiger partial charge on any atom is 0.349 e. The summed E-state index contributed by atoms with van der Waals surface area (Å²) in [6, 6.07) is 5.79. The van der Waals surface area contributed by atoms with E-state index in [2.05, 4.69) is 13.8 Å². The van der Waals surface area contributed by atoms with Crippen molar-refractivity contribution in [2.75, 3.05) is 6.79 Å². The van der Waals surface area contributed by atoms with Crippen LogP contribution in [0.1, 0.15) is 54.2 Å². The third-order valence-corrected chi connectivity index (χ3v) is 6.09. The molecule has 0 bridgehead atoms. The van der Waals surface area contributed by atoms with Crippen LogP contribution in [0.3, 0.4) is 0 Å². The minimum atomic E-state index is -0.577. The molecule has 0 radical (unpaired) electrons. The summed E-state index contributed by atoms with van der Waals surface area (Å²) in [6.07, 6.45) is 0.888. The summed E-state index contributed by atoms with van der Waals surface area (Å²) in [7, 11) is 0. The number of esters is 1. The van der Waals surface area contributed by atoms with Crippen molar-refractivity contribution in [2.45, 2.75) is 53.6 Å². The standard InChI is InChI=1S/C23H25NO4S/c1-7-15-12(2)18-19(14-8-9-16-17(10-14)27-11-26-16)20(22(25)28-23(4,5)6)29-21(18)24-13(15)3/h8-10H,7,11H2,1-6H3. The lowest BCUT2D eigenvalue weighted by Crippen LogP contribution is -2.23. The molecule has 0 aliphatic carbocycles. The van der Waals surface area contributed by atoms with E-state index in [4.69, 9.17) is 19.2 Å². The van der Waals surface area contributed by atoms with E-state index in [9.17, 15) is 4.79 Å². The van der Waals surface area contributed by atoms with Crippen molar-refractivity contribution in [1.82, 2.24) is 4.98 Å². The third kappa shape index (κ3) is 3.46. The van der Waals surface area contributed by atoms with Crippen molar-refractivity contribution in [3.05, 3.63) is 39.9 Å². The number of hydrogen-bond donors (Lipinski definition) is 0. The Bertz CT molecular complexity index is 1120. The molecule has 5 nitrogen and oxygen atoms in total. The van der Waals surface area contributed by atoms with E-state index in [1.807, 2.05) is 45.9 Å². The number of aryl methyl sites for hydroxylation is 2.